The molecular weight excluding hydrogens is 324 g/mol. The third-order valence-corrected chi connectivity index (χ3v) is 10.4. The smallest absolute Gasteiger partial charge is 0.0524 e. The van der Waals surface area contributed by atoms with E-state index >= 15 is 0 Å². The molecule has 142 valence electrons. The third-order valence-electron chi connectivity index (χ3n) is 9.22. The molecule has 2 heteroatoms. The first-order valence-electron chi connectivity index (χ1n) is 10.8. The van der Waals surface area contributed by atoms with Crippen molar-refractivity contribution >= 4 is 11.8 Å². The Labute approximate surface area is 159 Å². The maximum absolute atomic E-state index is 5.94. The Kier molecular flexibility index (Phi) is 5.08. The van der Waals surface area contributed by atoms with Crippen LogP contribution in [0.4, 0.5) is 0 Å². The number of methoxy groups -OCH3 is 1. The molecule has 7 atom stereocenters. The maximum atomic E-state index is 5.94. The van der Waals surface area contributed by atoms with E-state index in [9.17, 15) is 0 Å². The predicted octanol–water partition coefficient (Wildman–Crippen LogP) is 6.33. The highest BCUT2D eigenvalue weighted by molar-refractivity contribution is 7.99. The molecule has 0 N–H and O–H groups in total. The highest BCUT2D eigenvalue weighted by atomic mass is 32.2. The molecule has 1 nitrogen and oxygen atoms in total. The number of ether oxygens (including phenoxy) is 1. The Balaban J connectivity index is 1.68. The fourth-order valence-electron chi connectivity index (χ4n) is 8.26. The van der Waals surface area contributed by atoms with Crippen LogP contribution in [0.5, 0.6) is 0 Å². The third kappa shape index (κ3) is 2.60. The molecule has 0 heterocycles. The maximum Gasteiger partial charge on any atom is 0.0524 e. The molecule has 0 saturated heterocycles. The largest absolute Gasteiger partial charge is 0.384 e. The van der Waals surface area contributed by atoms with Crippen molar-refractivity contribution in [1.29, 1.82) is 0 Å². The van der Waals surface area contributed by atoms with Crippen LogP contribution in [0.1, 0.15) is 71.6 Å². The molecule has 4 rings (SSSR count). The average Bonchev–Trinajstić information content (AvgIpc) is 2.97. The van der Waals surface area contributed by atoms with Crippen molar-refractivity contribution in [3.8, 4) is 0 Å². The van der Waals surface area contributed by atoms with Gasteiger partial charge >= 0.3 is 0 Å². The lowest BCUT2D eigenvalue weighted by Crippen LogP contribution is -2.57. The van der Waals surface area contributed by atoms with Crippen molar-refractivity contribution in [3.63, 3.8) is 0 Å². The van der Waals surface area contributed by atoms with Gasteiger partial charge in [-0.15, -0.1) is 0 Å². The summed E-state index contributed by atoms with van der Waals surface area (Å²) in [5, 5.41) is 0.882. The molecule has 4 aliphatic rings. The zero-order valence-corrected chi connectivity index (χ0v) is 17.7. The minimum atomic E-state index is 0.490. The molecule has 0 bridgehead atoms. The first-order chi connectivity index (χ1) is 12.1. The summed E-state index contributed by atoms with van der Waals surface area (Å²) in [5.41, 5.74) is 2.79. The van der Waals surface area contributed by atoms with Crippen LogP contribution in [0.2, 0.25) is 0 Å². The van der Waals surface area contributed by atoms with Crippen LogP contribution in [0.15, 0.2) is 11.6 Å². The summed E-state index contributed by atoms with van der Waals surface area (Å²) in [4.78, 5) is 0. The molecule has 0 aliphatic heterocycles. The molecule has 25 heavy (non-hydrogen) atoms. The molecule has 4 fully saturated rings. The molecule has 4 aliphatic carbocycles. The Morgan fingerprint density at radius 2 is 1.92 bits per heavy atom. The van der Waals surface area contributed by atoms with Gasteiger partial charge in [0.25, 0.3) is 0 Å². The normalized spacial score (nSPS) is 51.0. The van der Waals surface area contributed by atoms with E-state index in [-0.39, 0.29) is 0 Å². The molecule has 0 amide bonds. The van der Waals surface area contributed by atoms with Crippen molar-refractivity contribution < 1.29 is 4.74 Å². The average molecular weight is 363 g/mol. The van der Waals surface area contributed by atoms with E-state index in [1.807, 2.05) is 7.11 Å². The van der Waals surface area contributed by atoms with Crippen molar-refractivity contribution in [2.24, 2.45) is 34.5 Å². The SMILES string of the molecule is C/C=C1/CC[C@H]2[C@@H]3CC[C@@H]4C(SC)CCC[C@]4(COC)[C@H]3CC[C@]12C. The lowest BCUT2D eigenvalue weighted by atomic mass is 9.44. The standard InChI is InChI=1S/C23H38OS/c1-5-16-8-10-18-17-9-11-20-21(25-4)7-6-13-23(20,15-24-3)19(17)12-14-22(16,18)2/h5,17-21H,6-15H2,1-4H3/b16-5-/t17-,18-,19-,20+,21?,22+,23-/m0/s1. The minimum absolute atomic E-state index is 0.490. The fourth-order valence-corrected chi connectivity index (χ4v) is 9.40. The van der Waals surface area contributed by atoms with Gasteiger partial charge in [0, 0.05) is 17.8 Å². The summed E-state index contributed by atoms with van der Waals surface area (Å²) in [5.74, 6) is 3.74. The number of allylic oxidation sites excluding steroid dienone is 2. The monoisotopic (exact) mass is 362 g/mol. The number of rotatable bonds is 3. The number of fused-ring (bicyclic) bond motifs is 5. The van der Waals surface area contributed by atoms with E-state index in [4.69, 9.17) is 4.74 Å². The topological polar surface area (TPSA) is 9.23 Å². The van der Waals surface area contributed by atoms with Gasteiger partial charge < -0.3 is 4.74 Å². The van der Waals surface area contributed by atoms with Gasteiger partial charge in [-0.1, -0.05) is 25.0 Å². The van der Waals surface area contributed by atoms with E-state index < -0.39 is 0 Å². The van der Waals surface area contributed by atoms with Gasteiger partial charge in [0.05, 0.1) is 6.61 Å². The lowest BCUT2D eigenvalue weighted by molar-refractivity contribution is -0.134. The van der Waals surface area contributed by atoms with Crippen molar-refractivity contribution in [2.45, 2.75) is 76.9 Å². The van der Waals surface area contributed by atoms with Gasteiger partial charge in [-0.2, -0.15) is 11.8 Å². The zero-order valence-electron chi connectivity index (χ0n) is 16.9. The Morgan fingerprint density at radius 3 is 2.64 bits per heavy atom. The summed E-state index contributed by atoms with van der Waals surface area (Å²) in [6.07, 6.45) is 17.8. The minimum Gasteiger partial charge on any atom is -0.384 e. The van der Waals surface area contributed by atoms with Crippen LogP contribution in [0, 0.1) is 34.5 Å². The molecule has 0 spiro atoms. The van der Waals surface area contributed by atoms with E-state index in [1.165, 1.54) is 57.8 Å². The van der Waals surface area contributed by atoms with Gasteiger partial charge in [-0.05, 0) is 93.6 Å². The Bertz CT molecular complexity index is 524. The quantitative estimate of drug-likeness (QED) is 0.542. The fraction of sp³-hybridized carbons (Fsp3) is 0.913. The molecular formula is C23H38OS. The summed E-state index contributed by atoms with van der Waals surface area (Å²) >= 11 is 2.15. The highest BCUT2D eigenvalue weighted by Crippen LogP contribution is 2.68. The first kappa shape index (κ1) is 18.4. The molecule has 4 saturated carbocycles. The highest BCUT2D eigenvalue weighted by Gasteiger charge is 2.61. The molecule has 0 aromatic carbocycles. The van der Waals surface area contributed by atoms with Gasteiger partial charge in [0.1, 0.15) is 0 Å². The van der Waals surface area contributed by atoms with E-state index in [1.54, 1.807) is 5.57 Å². The van der Waals surface area contributed by atoms with Crippen LogP contribution >= 0.6 is 11.8 Å². The van der Waals surface area contributed by atoms with Crippen LogP contribution in [0.25, 0.3) is 0 Å². The Hall–Kier alpha value is 0.0500. The lowest BCUT2D eigenvalue weighted by Gasteiger charge is -2.62. The Morgan fingerprint density at radius 1 is 1.08 bits per heavy atom. The van der Waals surface area contributed by atoms with Crippen LogP contribution in [-0.2, 0) is 4.74 Å². The van der Waals surface area contributed by atoms with Crippen molar-refractivity contribution in [1.82, 2.24) is 0 Å². The summed E-state index contributed by atoms with van der Waals surface area (Å²) in [7, 11) is 1.96. The van der Waals surface area contributed by atoms with Gasteiger partial charge in [0.2, 0.25) is 0 Å². The predicted molar refractivity (Wildman–Crippen MR) is 109 cm³/mol. The second-order valence-electron chi connectivity index (χ2n) is 9.70. The number of thioether (sulfide) groups is 1. The van der Waals surface area contributed by atoms with Crippen LogP contribution in [0.3, 0.4) is 0 Å². The second-order valence-corrected chi connectivity index (χ2v) is 10.8. The second kappa shape index (κ2) is 6.89. The van der Waals surface area contributed by atoms with Gasteiger partial charge in [-0.3, -0.25) is 0 Å². The van der Waals surface area contributed by atoms with Gasteiger partial charge in [-0.25, -0.2) is 0 Å². The molecule has 0 aromatic heterocycles. The van der Waals surface area contributed by atoms with Crippen LogP contribution < -0.4 is 0 Å². The summed E-state index contributed by atoms with van der Waals surface area (Å²) in [6, 6.07) is 0. The first-order valence-corrected chi connectivity index (χ1v) is 12.1. The van der Waals surface area contributed by atoms with Crippen molar-refractivity contribution in [2.75, 3.05) is 20.0 Å². The van der Waals surface area contributed by atoms with E-state index in [2.05, 4.69) is 37.9 Å². The molecule has 0 radical (unpaired) electrons. The number of hydrogen-bond acceptors (Lipinski definition) is 2. The molecule has 0 aromatic rings. The van der Waals surface area contributed by atoms with Crippen molar-refractivity contribution in [3.05, 3.63) is 11.6 Å². The van der Waals surface area contributed by atoms with Crippen LogP contribution in [-0.4, -0.2) is 25.2 Å². The van der Waals surface area contributed by atoms with E-state index in [0.29, 0.717) is 10.8 Å². The zero-order chi connectivity index (χ0) is 17.7. The summed E-state index contributed by atoms with van der Waals surface area (Å²) < 4.78 is 5.94. The molecule has 1 unspecified atom stereocenters. The number of hydrogen-bond donors (Lipinski definition) is 0. The summed E-state index contributed by atoms with van der Waals surface area (Å²) in [6.45, 7) is 5.91. The van der Waals surface area contributed by atoms with Gasteiger partial charge in [0.15, 0.2) is 0 Å². The van der Waals surface area contributed by atoms with E-state index in [0.717, 1.165) is 35.5 Å².